The zero-order valence-electron chi connectivity index (χ0n) is 19.9. The van der Waals surface area contributed by atoms with Crippen LogP contribution in [0.2, 0.25) is 0 Å². The maximum Gasteiger partial charge on any atom is 0.338 e. The molecule has 0 bridgehead atoms. The van der Waals surface area contributed by atoms with Gasteiger partial charge in [0.1, 0.15) is 11.8 Å². The number of benzene rings is 2. The first-order valence-electron chi connectivity index (χ1n) is 11.2. The number of aromatic nitrogens is 1. The minimum absolute atomic E-state index is 0.0291. The van der Waals surface area contributed by atoms with E-state index in [-0.39, 0.29) is 17.9 Å². The quantitative estimate of drug-likeness (QED) is 0.507. The van der Waals surface area contributed by atoms with Gasteiger partial charge < -0.3 is 19.3 Å². The number of phenols is 1. The fourth-order valence-corrected chi connectivity index (χ4v) is 4.93. The summed E-state index contributed by atoms with van der Waals surface area (Å²) < 4.78 is 17.9. The van der Waals surface area contributed by atoms with E-state index in [1.54, 1.807) is 51.3 Å². The monoisotopic (exact) mass is 494 g/mol. The van der Waals surface area contributed by atoms with Crippen molar-refractivity contribution in [3.05, 3.63) is 78.9 Å². The van der Waals surface area contributed by atoms with Crippen LogP contribution in [0.4, 0.5) is 0 Å². The van der Waals surface area contributed by atoms with Crippen LogP contribution in [0.1, 0.15) is 37.9 Å². The van der Waals surface area contributed by atoms with Gasteiger partial charge >= 0.3 is 5.97 Å². The Morgan fingerprint density at radius 3 is 2.57 bits per heavy atom. The Morgan fingerprint density at radius 1 is 1.17 bits per heavy atom. The van der Waals surface area contributed by atoms with E-state index in [0.717, 1.165) is 5.56 Å². The van der Waals surface area contributed by atoms with E-state index >= 15 is 0 Å². The third-order valence-electron chi connectivity index (χ3n) is 5.55. The van der Waals surface area contributed by atoms with Crippen LogP contribution in [0, 0.1) is 0 Å². The number of phenolic OH excluding ortho intramolecular Hbond substituents is 1. The van der Waals surface area contributed by atoms with Crippen LogP contribution in [-0.2, 0) is 9.53 Å². The molecule has 0 unspecified atom stereocenters. The van der Waals surface area contributed by atoms with Gasteiger partial charge in [0.15, 0.2) is 16.3 Å². The summed E-state index contributed by atoms with van der Waals surface area (Å²) in [5.41, 5.74) is 1.99. The lowest BCUT2D eigenvalue weighted by Gasteiger charge is -2.22. The molecule has 3 aromatic rings. The molecule has 0 radical (unpaired) electrons. The van der Waals surface area contributed by atoms with E-state index < -0.39 is 12.0 Å². The number of nitrogens with zero attached hydrogens (tertiary/aromatic N) is 2. The van der Waals surface area contributed by atoms with Crippen LogP contribution in [0.15, 0.2) is 57.8 Å². The molecule has 1 aromatic heterocycles. The first-order valence-corrected chi connectivity index (χ1v) is 12.0. The molecule has 2 aromatic carbocycles. The summed E-state index contributed by atoms with van der Waals surface area (Å²) in [5, 5.41) is 9.97. The number of ether oxygens (including phenoxy) is 3. The van der Waals surface area contributed by atoms with Gasteiger partial charge in [-0.3, -0.25) is 9.36 Å². The van der Waals surface area contributed by atoms with Crippen LogP contribution in [0.5, 0.6) is 17.2 Å². The molecule has 9 heteroatoms. The molecule has 8 nitrogen and oxygen atoms in total. The van der Waals surface area contributed by atoms with Gasteiger partial charge in [-0.05, 0) is 62.2 Å². The Balaban J connectivity index is 1.89. The molecule has 35 heavy (non-hydrogen) atoms. The third-order valence-corrected chi connectivity index (χ3v) is 6.54. The second-order valence-corrected chi connectivity index (χ2v) is 8.73. The smallest absolute Gasteiger partial charge is 0.338 e. The van der Waals surface area contributed by atoms with Crippen molar-refractivity contribution in [2.45, 2.75) is 26.8 Å². The lowest BCUT2D eigenvalue weighted by atomic mass is 9.96. The second kappa shape index (κ2) is 10.2. The van der Waals surface area contributed by atoms with Gasteiger partial charge in [-0.1, -0.05) is 29.5 Å². The predicted octanol–water partition coefficient (Wildman–Crippen LogP) is 3.02. The van der Waals surface area contributed by atoms with Crippen LogP contribution in [0.25, 0.3) is 11.8 Å². The summed E-state index contributed by atoms with van der Waals surface area (Å²) in [6.07, 6.45) is 1.72. The van der Waals surface area contributed by atoms with E-state index in [1.165, 1.54) is 22.0 Å². The summed E-state index contributed by atoms with van der Waals surface area (Å²) in [6.45, 7) is 5.90. The molecule has 0 spiro atoms. The number of allylic oxidation sites excluding steroid dienone is 1. The van der Waals surface area contributed by atoms with Crippen molar-refractivity contribution in [3.63, 3.8) is 0 Å². The molecule has 2 heterocycles. The van der Waals surface area contributed by atoms with Crippen molar-refractivity contribution in [1.29, 1.82) is 0 Å². The summed E-state index contributed by atoms with van der Waals surface area (Å²) in [6, 6.07) is 11.6. The summed E-state index contributed by atoms with van der Waals surface area (Å²) in [7, 11) is 1.59. The molecule has 1 aliphatic rings. The van der Waals surface area contributed by atoms with Crippen molar-refractivity contribution in [1.82, 2.24) is 4.57 Å². The molecule has 0 aliphatic carbocycles. The Kier molecular flexibility index (Phi) is 7.07. The van der Waals surface area contributed by atoms with Gasteiger partial charge in [-0.25, -0.2) is 9.79 Å². The van der Waals surface area contributed by atoms with E-state index in [0.29, 0.717) is 44.3 Å². The van der Waals surface area contributed by atoms with Crippen molar-refractivity contribution in [2.24, 2.45) is 4.99 Å². The maximum atomic E-state index is 13.4. The van der Waals surface area contributed by atoms with Gasteiger partial charge in [0.2, 0.25) is 0 Å². The SMILES string of the molecule is CCOC(=O)C1=C(C)n2c(s/c(=C\c3ccc(O)c(OCC)c3)c2=O)=N[C@H]1c1ccc(OC)cc1. The highest BCUT2D eigenvalue weighted by Crippen LogP contribution is 2.33. The van der Waals surface area contributed by atoms with Gasteiger partial charge in [-0.2, -0.15) is 0 Å². The molecule has 1 N–H and O–H groups in total. The lowest BCUT2D eigenvalue weighted by Crippen LogP contribution is -2.35. The number of esters is 1. The summed E-state index contributed by atoms with van der Waals surface area (Å²) in [4.78, 5) is 31.6. The Morgan fingerprint density at radius 2 is 1.91 bits per heavy atom. The normalized spacial score (nSPS) is 15.4. The van der Waals surface area contributed by atoms with Crippen molar-refractivity contribution in [3.8, 4) is 17.2 Å². The van der Waals surface area contributed by atoms with E-state index in [4.69, 9.17) is 19.2 Å². The highest BCUT2D eigenvalue weighted by atomic mass is 32.1. The fourth-order valence-electron chi connectivity index (χ4n) is 3.89. The molecule has 1 aliphatic heterocycles. The molecule has 0 saturated carbocycles. The molecular weight excluding hydrogens is 468 g/mol. The number of thiazole rings is 1. The van der Waals surface area contributed by atoms with Gasteiger partial charge in [-0.15, -0.1) is 0 Å². The third kappa shape index (κ3) is 4.72. The predicted molar refractivity (Wildman–Crippen MR) is 133 cm³/mol. The Labute approximate surface area is 206 Å². The zero-order valence-corrected chi connectivity index (χ0v) is 20.7. The zero-order chi connectivity index (χ0) is 25.1. The number of fused-ring (bicyclic) bond motifs is 1. The lowest BCUT2D eigenvalue weighted by molar-refractivity contribution is -0.138. The molecule has 182 valence electrons. The first-order chi connectivity index (χ1) is 16.9. The number of hydrogen-bond acceptors (Lipinski definition) is 8. The van der Waals surface area contributed by atoms with E-state index in [9.17, 15) is 14.7 Å². The topological polar surface area (TPSA) is 99.3 Å². The second-order valence-electron chi connectivity index (χ2n) is 7.72. The number of carbonyl (C=O) groups excluding carboxylic acids is 1. The highest BCUT2D eigenvalue weighted by Gasteiger charge is 2.31. The van der Waals surface area contributed by atoms with E-state index in [1.807, 2.05) is 19.1 Å². The molecule has 0 amide bonds. The Bertz CT molecular complexity index is 1470. The molecular formula is C26H26N2O6S. The van der Waals surface area contributed by atoms with Crippen molar-refractivity contribution >= 4 is 29.1 Å². The standard InChI is InChI=1S/C26H26N2O6S/c1-5-33-20-13-16(7-12-19(20)29)14-21-24(30)28-15(3)22(25(31)34-6-2)23(27-26(28)35-21)17-8-10-18(32-4)11-9-17/h7-14,23,29H,5-6H2,1-4H3/b21-14-/t23-/m0/s1. The minimum Gasteiger partial charge on any atom is -0.504 e. The van der Waals surface area contributed by atoms with Crippen LogP contribution in [-0.4, -0.2) is 36.0 Å². The summed E-state index contributed by atoms with van der Waals surface area (Å²) in [5.74, 6) is 0.547. The molecule has 1 atom stereocenters. The largest absolute Gasteiger partial charge is 0.504 e. The number of rotatable bonds is 7. The minimum atomic E-state index is -0.621. The van der Waals surface area contributed by atoms with E-state index in [2.05, 4.69) is 0 Å². The van der Waals surface area contributed by atoms with Crippen molar-refractivity contribution in [2.75, 3.05) is 20.3 Å². The fraction of sp³-hybridized carbons (Fsp3) is 0.269. The number of carbonyl (C=O) groups is 1. The molecule has 4 rings (SSSR count). The average Bonchev–Trinajstić information content (AvgIpc) is 3.16. The van der Waals surface area contributed by atoms with Crippen molar-refractivity contribution < 1.29 is 24.1 Å². The van der Waals surface area contributed by atoms with Crippen LogP contribution >= 0.6 is 11.3 Å². The maximum absolute atomic E-state index is 13.4. The average molecular weight is 495 g/mol. The van der Waals surface area contributed by atoms with Crippen LogP contribution < -0.4 is 24.4 Å². The first kappa shape index (κ1) is 24.3. The molecule has 0 fully saturated rings. The van der Waals surface area contributed by atoms with Gasteiger partial charge in [0, 0.05) is 5.70 Å². The van der Waals surface area contributed by atoms with Crippen LogP contribution in [0.3, 0.4) is 0 Å². The summed E-state index contributed by atoms with van der Waals surface area (Å²) >= 11 is 1.23. The number of methoxy groups -OCH3 is 1. The van der Waals surface area contributed by atoms with Gasteiger partial charge in [0.05, 0.1) is 30.4 Å². The van der Waals surface area contributed by atoms with Gasteiger partial charge in [0.25, 0.3) is 5.56 Å². The number of aromatic hydroxyl groups is 1. The highest BCUT2D eigenvalue weighted by molar-refractivity contribution is 7.07. The Hall–Kier alpha value is -3.85. The molecule has 0 saturated heterocycles. The number of hydrogen-bond donors (Lipinski definition) is 1.